The Hall–Kier alpha value is -3.31. The van der Waals surface area contributed by atoms with Crippen LogP contribution in [0.3, 0.4) is 0 Å². The zero-order valence-corrected chi connectivity index (χ0v) is 15.9. The largest absolute Gasteiger partial charge is 0.315 e. The van der Waals surface area contributed by atoms with Crippen molar-refractivity contribution in [1.82, 2.24) is 14.5 Å². The van der Waals surface area contributed by atoms with Gasteiger partial charge in [-0.2, -0.15) is 0 Å². The predicted molar refractivity (Wildman–Crippen MR) is 115 cm³/mol. The third-order valence-corrected chi connectivity index (χ3v) is 6.00. The maximum atomic E-state index is 13.2. The monoisotopic (exact) mass is 383 g/mol. The zero-order valence-electron chi connectivity index (χ0n) is 15.1. The molecule has 3 heterocycles. The summed E-state index contributed by atoms with van der Waals surface area (Å²) in [7, 11) is 0. The highest BCUT2D eigenvalue weighted by Gasteiger charge is 2.10. The van der Waals surface area contributed by atoms with E-state index in [-0.39, 0.29) is 5.56 Å². The van der Waals surface area contributed by atoms with Gasteiger partial charge in [-0.3, -0.25) is 9.78 Å². The molecule has 0 aliphatic heterocycles. The van der Waals surface area contributed by atoms with Crippen molar-refractivity contribution < 1.29 is 0 Å². The lowest BCUT2D eigenvalue weighted by molar-refractivity contribution is 0.674. The highest BCUT2D eigenvalue weighted by atomic mass is 32.1. The van der Waals surface area contributed by atoms with Gasteiger partial charge in [0.1, 0.15) is 0 Å². The smallest absolute Gasteiger partial charge is 0.259 e. The van der Waals surface area contributed by atoms with Crippen LogP contribution in [0, 0.1) is 0 Å². The van der Waals surface area contributed by atoms with Gasteiger partial charge in [-0.15, -0.1) is 11.3 Å². The molecule has 0 aliphatic rings. The van der Waals surface area contributed by atoms with Crippen LogP contribution >= 0.6 is 11.3 Å². The molecule has 0 aliphatic carbocycles. The molecule has 0 saturated carbocycles. The Morgan fingerprint density at radius 3 is 2.64 bits per heavy atom. The minimum Gasteiger partial charge on any atom is -0.315 e. The Balaban J connectivity index is 1.53. The SMILES string of the molecule is O=c1c2c(-c3ccncc3)cccc2ccn1CCc1nc2ccccc2s1. The van der Waals surface area contributed by atoms with Gasteiger partial charge in [-0.05, 0) is 46.8 Å². The summed E-state index contributed by atoms with van der Waals surface area (Å²) in [5.74, 6) is 0. The second-order valence-corrected chi connectivity index (χ2v) is 7.76. The first kappa shape index (κ1) is 16.8. The van der Waals surface area contributed by atoms with Crippen molar-refractivity contribution >= 4 is 32.3 Å². The second-order valence-electron chi connectivity index (χ2n) is 6.65. The number of thiazole rings is 1. The van der Waals surface area contributed by atoms with E-state index in [2.05, 4.69) is 16.0 Å². The molecular weight excluding hydrogens is 366 g/mol. The van der Waals surface area contributed by atoms with Crippen molar-refractivity contribution in [1.29, 1.82) is 0 Å². The number of pyridine rings is 2. The number of fused-ring (bicyclic) bond motifs is 2. The highest BCUT2D eigenvalue weighted by Crippen LogP contribution is 2.26. The number of nitrogens with zero attached hydrogens (tertiary/aromatic N) is 3. The van der Waals surface area contributed by atoms with E-state index < -0.39 is 0 Å². The molecule has 0 radical (unpaired) electrons. The fourth-order valence-corrected chi connectivity index (χ4v) is 4.48. The molecule has 136 valence electrons. The summed E-state index contributed by atoms with van der Waals surface area (Å²) in [5.41, 5.74) is 3.00. The van der Waals surface area contributed by atoms with Gasteiger partial charge in [-0.1, -0.05) is 30.3 Å². The standard InChI is InChI=1S/C23H17N3OS/c27-23-22-17(4-3-5-18(22)16-8-12-24-13-9-16)10-14-26(23)15-11-21-25-19-6-1-2-7-20(19)28-21/h1-10,12-14H,11,15H2. The number of benzene rings is 2. The lowest BCUT2D eigenvalue weighted by Crippen LogP contribution is -2.21. The van der Waals surface area contributed by atoms with Crippen LogP contribution in [-0.4, -0.2) is 14.5 Å². The lowest BCUT2D eigenvalue weighted by Gasteiger charge is -2.10. The van der Waals surface area contributed by atoms with E-state index in [1.165, 1.54) is 4.70 Å². The fraction of sp³-hybridized carbons (Fsp3) is 0.0870. The van der Waals surface area contributed by atoms with Gasteiger partial charge in [0.25, 0.3) is 5.56 Å². The lowest BCUT2D eigenvalue weighted by atomic mass is 10.0. The first-order valence-electron chi connectivity index (χ1n) is 9.16. The third-order valence-electron chi connectivity index (χ3n) is 4.90. The van der Waals surface area contributed by atoms with Crippen LogP contribution in [0.1, 0.15) is 5.01 Å². The number of hydrogen-bond acceptors (Lipinski definition) is 4. The van der Waals surface area contributed by atoms with Gasteiger partial charge >= 0.3 is 0 Å². The highest BCUT2D eigenvalue weighted by molar-refractivity contribution is 7.18. The first-order chi connectivity index (χ1) is 13.8. The molecule has 0 unspecified atom stereocenters. The number of aryl methyl sites for hydroxylation is 2. The average Bonchev–Trinajstić information content (AvgIpc) is 3.16. The van der Waals surface area contributed by atoms with Crippen LogP contribution in [0.4, 0.5) is 0 Å². The van der Waals surface area contributed by atoms with Gasteiger partial charge < -0.3 is 4.57 Å². The molecule has 0 spiro atoms. The van der Waals surface area contributed by atoms with E-state index in [4.69, 9.17) is 0 Å². The Bertz CT molecular complexity index is 1310. The molecule has 3 aromatic heterocycles. The summed E-state index contributed by atoms with van der Waals surface area (Å²) >= 11 is 1.69. The molecule has 0 bridgehead atoms. The van der Waals surface area contributed by atoms with Crippen molar-refractivity contribution in [2.45, 2.75) is 13.0 Å². The van der Waals surface area contributed by atoms with Gasteiger partial charge in [0.15, 0.2) is 0 Å². The van der Waals surface area contributed by atoms with Crippen molar-refractivity contribution in [3.63, 3.8) is 0 Å². The molecule has 2 aromatic carbocycles. The van der Waals surface area contributed by atoms with Crippen molar-refractivity contribution in [3.8, 4) is 11.1 Å². The van der Waals surface area contributed by atoms with Crippen LogP contribution in [-0.2, 0) is 13.0 Å². The molecule has 0 saturated heterocycles. The molecular formula is C23H17N3OS. The Morgan fingerprint density at radius 1 is 0.929 bits per heavy atom. The summed E-state index contributed by atoms with van der Waals surface area (Å²) < 4.78 is 2.97. The molecule has 28 heavy (non-hydrogen) atoms. The maximum Gasteiger partial charge on any atom is 0.259 e. The molecule has 0 atom stereocenters. The fourth-order valence-electron chi connectivity index (χ4n) is 3.52. The summed E-state index contributed by atoms with van der Waals surface area (Å²) in [6.45, 7) is 0.610. The van der Waals surface area contributed by atoms with Crippen molar-refractivity contribution in [2.75, 3.05) is 0 Å². The molecule has 0 N–H and O–H groups in total. The second kappa shape index (κ2) is 7.02. The number of rotatable bonds is 4. The Labute approximate surface area is 165 Å². The van der Waals surface area contributed by atoms with Crippen LogP contribution in [0.2, 0.25) is 0 Å². The molecule has 5 rings (SSSR count). The van der Waals surface area contributed by atoms with E-state index in [0.29, 0.717) is 6.54 Å². The Morgan fingerprint density at radius 2 is 1.79 bits per heavy atom. The number of para-hydroxylation sites is 1. The quantitative estimate of drug-likeness (QED) is 0.443. The Kier molecular flexibility index (Phi) is 4.22. The van der Waals surface area contributed by atoms with E-state index >= 15 is 0 Å². The minimum absolute atomic E-state index is 0.0334. The molecule has 0 fully saturated rings. The predicted octanol–water partition coefficient (Wildman–Crippen LogP) is 4.92. The summed E-state index contributed by atoms with van der Waals surface area (Å²) in [6.07, 6.45) is 6.13. The van der Waals surface area contributed by atoms with E-state index in [1.807, 2.05) is 60.8 Å². The van der Waals surface area contributed by atoms with E-state index in [9.17, 15) is 4.79 Å². The normalized spacial score (nSPS) is 11.3. The van der Waals surface area contributed by atoms with Gasteiger partial charge in [-0.25, -0.2) is 4.98 Å². The maximum absolute atomic E-state index is 13.2. The number of aromatic nitrogens is 3. The number of hydrogen-bond donors (Lipinski definition) is 0. The summed E-state index contributed by atoms with van der Waals surface area (Å²) in [6, 6.07) is 20.0. The van der Waals surface area contributed by atoms with Crippen LogP contribution in [0.5, 0.6) is 0 Å². The summed E-state index contributed by atoms with van der Waals surface area (Å²) in [4.78, 5) is 22.0. The van der Waals surface area contributed by atoms with Gasteiger partial charge in [0.2, 0.25) is 0 Å². The minimum atomic E-state index is 0.0334. The van der Waals surface area contributed by atoms with Gasteiger partial charge in [0, 0.05) is 31.6 Å². The first-order valence-corrected chi connectivity index (χ1v) is 9.98. The van der Waals surface area contributed by atoms with Crippen LogP contribution < -0.4 is 5.56 Å². The van der Waals surface area contributed by atoms with Crippen LogP contribution in [0.15, 0.2) is 84.0 Å². The summed E-state index contributed by atoms with van der Waals surface area (Å²) in [5, 5.41) is 2.76. The average molecular weight is 383 g/mol. The third kappa shape index (κ3) is 3.00. The van der Waals surface area contributed by atoms with Crippen molar-refractivity contribution in [2.24, 2.45) is 0 Å². The van der Waals surface area contributed by atoms with Crippen LogP contribution in [0.25, 0.3) is 32.1 Å². The zero-order chi connectivity index (χ0) is 18.9. The molecule has 5 aromatic rings. The van der Waals surface area contributed by atoms with E-state index in [1.54, 1.807) is 28.3 Å². The van der Waals surface area contributed by atoms with E-state index in [0.717, 1.165) is 38.8 Å². The van der Waals surface area contributed by atoms with Crippen molar-refractivity contribution in [3.05, 3.63) is 94.6 Å². The topological polar surface area (TPSA) is 47.8 Å². The molecule has 5 heteroatoms. The molecule has 0 amide bonds. The van der Waals surface area contributed by atoms with Gasteiger partial charge in [0.05, 0.1) is 20.6 Å². The molecule has 4 nitrogen and oxygen atoms in total.